The van der Waals surface area contributed by atoms with Crippen LogP contribution in [-0.2, 0) is 17.1 Å². The zero-order chi connectivity index (χ0) is 18.2. The highest BCUT2D eigenvalue weighted by molar-refractivity contribution is 7.89. The average molecular weight is 364 g/mol. The number of aromatic nitrogens is 2. The van der Waals surface area contributed by atoms with E-state index in [1.54, 1.807) is 37.0 Å². The molecule has 7 nitrogen and oxygen atoms in total. The lowest BCUT2D eigenvalue weighted by Crippen LogP contribution is -2.48. The first-order chi connectivity index (χ1) is 11.9. The van der Waals surface area contributed by atoms with Crippen molar-refractivity contribution in [3.8, 4) is 5.75 Å². The number of para-hydroxylation sites is 2. The van der Waals surface area contributed by atoms with Crippen LogP contribution in [0.5, 0.6) is 5.75 Å². The molecule has 2 heterocycles. The molecule has 1 aliphatic heterocycles. The minimum atomic E-state index is -3.53. The Labute approximate surface area is 148 Å². The van der Waals surface area contributed by atoms with E-state index in [4.69, 9.17) is 4.74 Å². The fourth-order valence-electron chi connectivity index (χ4n) is 3.32. The molecule has 0 saturated carbocycles. The van der Waals surface area contributed by atoms with Crippen molar-refractivity contribution in [3.05, 3.63) is 35.7 Å². The van der Waals surface area contributed by atoms with Crippen LogP contribution in [0.4, 0.5) is 5.69 Å². The number of hydrogen-bond acceptors (Lipinski definition) is 5. The second-order valence-corrected chi connectivity index (χ2v) is 8.06. The van der Waals surface area contributed by atoms with Crippen LogP contribution in [0.1, 0.15) is 11.4 Å². The molecule has 0 aliphatic carbocycles. The maximum atomic E-state index is 13.0. The number of anilines is 1. The third-order valence-electron chi connectivity index (χ3n) is 4.70. The summed E-state index contributed by atoms with van der Waals surface area (Å²) in [5, 5.41) is 4.24. The normalized spacial score (nSPS) is 16.2. The molecule has 1 aliphatic rings. The molecular formula is C17H24N4O3S. The molecule has 0 N–H and O–H groups in total. The van der Waals surface area contributed by atoms with Crippen molar-refractivity contribution in [1.82, 2.24) is 14.1 Å². The smallest absolute Gasteiger partial charge is 0.246 e. The molecule has 8 heteroatoms. The van der Waals surface area contributed by atoms with Crippen LogP contribution in [0.25, 0.3) is 0 Å². The van der Waals surface area contributed by atoms with Gasteiger partial charge in [0.25, 0.3) is 0 Å². The van der Waals surface area contributed by atoms with E-state index in [1.807, 2.05) is 24.3 Å². The largest absolute Gasteiger partial charge is 0.495 e. The van der Waals surface area contributed by atoms with Gasteiger partial charge in [-0.1, -0.05) is 12.1 Å². The third kappa shape index (κ3) is 3.11. The van der Waals surface area contributed by atoms with Gasteiger partial charge in [0.15, 0.2) is 0 Å². The molecule has 0 amide bonds. The molecule has 136 valence electrons. The highest BCUT2D eigenvalue weighted by atomic mass is 32.2. The third-order valence-corrected chi connectivity index (χ3v) is 6.86. The lowest BCUT2D eigenvalue weighted by atomic mass is 10.2. The highest BCUT2D eigenvalue weighted by Gasteiger charge is 2.33. The van der Waals surface area contributed by atoms with Gasteiger partial charge in [0.05, 0.1) is 24.2 Å². The van der Waals surface area contributed by atoms with Crippen LogP contribution in [0.3, 0.4) is 0 Å². The molecule has 2 aromatic rings. The lowest BCUT2D eigenvalue weighted by molar-refractivity contribution is 0.378. The van der Waals surface area contributed by atoms with E-state index in [0.29, 0.717) is 42.5 Å². The topological polar surface area (TPSA) is 67.7 Å². The number of aryl methyl sites for hydroxylation is 2. The molecule has 0 spiro atoms. The summed E-state index contributed by atoms with van der Waals surface area (Å²) in [7, 11) is -0.121. The number of nitrogens with zero attached hydrogens (tertiary/aromatic N) is 4. The monoisotopic (exact) mass is 364 g/mol. The van der Waals surface area contributed by atoms with E-state index in [9.17, 15) is 8.42 Å². The van der Waals surface area contributed by atoms with Gasteiger partial charge in [-0.25, -0.2) is 8.42 Å². The summed E-state index contributed by atoms with van der Waals surface area (Å²) < 4.78 is 34.7. The van der Waals surface area contributed by atoms with Crippen LogP contribution in [-0.4, -0.2) is 55.8 Å². The van der Waals surface area contributed by atoms with Crippen molar-refractivity contribution in [3.63, 3.8) is 0 Å². The first kappa shape index (κ1) is 17.8. The first-order valence-corrected chi connectivity index (χ1v) is 9.68. The van der Waals surface area contributed by atoms with Crippen LogP contribution < -0.4 is 9.64 Å². The molecule has 25 heavy (non-hydrogen) atoms. The minimum Gasteiger partial charge on any atom is -0.495 e. The van der Waals surface area contributed by atoms with E-state index in [-0.39, 0.29) is 0 Å². The van der Waals surface area contributed by atoms with Crippen molar-refractivity contribution in [2.75, 3.05) is 38.2 Å². The molecule has 0 unspecified atom stereocenters. The summed E-state index contributed by atoms with van der Waals surface area (Å²) >= 11 is 0. The Balaban J connectivity index is 1.80. The SMILES string of the molecule is COc1ccccc1N1CCN(S(=O)(=O)c2c(C)nn(C)c2C)CC1. The van der Waals surface area contributed by atoms with Crippen molar-refractivity contribution >= 4 is 15.7 Å². The summed E-state index contributed by atoms with van der Waals surface area (Å²) in [5.41, 5.74) is 2.22. The predicted molar refractivity (Wildman–Crippen MR) is 96.6 cm³/mol. The fourth-order valence-corrected chi connectivity index (χ4v) is 5.14. The summed E-state index contributed by atoms with van der Waals surface area (Å²) in [6.45, 7) is 5.65. The standard InChI is InChI=1S/C17H24N4O3S/c1-13-17(14(2)19(3)18-13)25(22,23)21-11-9-20(10-12-21)15-7-5-6-8-16(15)24-4/h5-8H,9-12H2,1-4H3. The van der Waals surface area contributed by atoms with Gasteiger partial charge in [-0.2, -0.15) is 9.40 Å². The molecule has 1 aromatic heterocycles. The van der Waals surface area contributed by atoms with Gasteiger partial charge in [0.1, 0.15) is 10.6 Å². The van der Waals surface area contributed by atoms with Crippen molar-refractivity contribution < 1.29 is 13.2 Å². The van der Waals surface area contributed by atoms with Crippen LogP contribution in [0, 0.1) is 13.8 Å². The number of ether oxygens (including phenoxy) is 1. The molecule has 1 aromatic carbocycles. The summed E-state index contributed by atoms with van der Waals surface area (Å²) in [4.78, 5) is 2.49. The summed E-state index contributed by atoms with van der Waals surface area (Å²) in [6.07, 6.45) is 0. The second-order valence-electron chi connectivity index (χ2n) is 6.19. The maximum absolute atomic E-state index is 13.0. The van der Waals surface area contributed by atoms with E-state index in [2.05, 4.69) is 10.00 Å². The molecule has 3 rings (SSSR count). The number of hydrogen-bond donors (Lipinski definition) is 0. The van der Waals surface area contributed by atoms with E-state index in [1.165, 1.54) is 0 Å². The molecular weight excluding hydrogens is 340 g/mol. The molecule has 0 atom stereocenters. The molecule has 1 saturated heterocycles. The Morgan fingerprint density at radius 2 is 1.72 bits per heavy atom. The minimum absolute atomic E-state index is 0.334. The zero-order valence-electron chi connectivity index (χ0n) is 15.1. The highest BCUT2D eigenvalue weighted by Crippen LogP contribution is 2.30. The molecule has 0 radical (unpaired) electrons. The first-order valence-electron chi connectivity index (χ1n) is 8.24. The molecule has 1 fully saturated rings. The van der Waals surface area contributed by atoms with Crippen LogP contribution in [0.15, 0.2) is 29.2 Å². The Morgan fingerprint density at radius 3 is 2.28 bits per heavy atom. The number of benzene rings is 1. The Hall–Kier alpha value is -2.06. The van der Waals surface area contributed by atoms with Crippen molar-refractivity contribution in [2.45, 2.75) is 18.7 Å². The fraction of sp³-hybridized carbons (Fsp3) is 0.471. The van der Waals surface area contributed by atoms with E-state index < -0.39 is 10.0 Å². The molecule has 0 bridgehead atoms. The average Bonchev–Trinajstić information content (AvgIpc) is 2.87. The van der Waals surface area contributed by atoms with Crippen LogP contribution in [0.2, 0.25) is 0 Å². The Morgan fingerprint density at radius 1 is 1.08 bits per heavy atom. The van der Waals surface area contributed by atoms with E-state index >= 15 is 0 Å². The van der Waals surface area contributed by atoms with Gasteiger partial charge < -0.3 is 9.64 Å². The van der Waals surface area contributed by atoms with Gasteiger partial charge in [-0.15, -0.1) is 0 Å². The van der Waals surface area contributed by atoms with Gasteiger partial charge in [0.2, 0.25) is 10.0 Å². The Kier molecular flexibility index (Phi) is 4.75. The van der Waals surface area contributed by atoms with E-state index in [0.717, 1.165) is 11.4 Å². The lowest BCUT2D eigenvalue weighted by Gasteiger charge is -2.35. The second kappa shape index (κ2) is 6.68. The summed E-state index contributed by atoms with van der Waals surface area (Å²) in [6, 6.07) is 7.81. The summed E-state index contributed by atoms with van der Waals surface area (Å²) in [5.74, 6) is 0.803. The predicted octanol–water partition coefficient (Wildman–Crippen LogP) is 1.56. The van der Waals surface area contributed by atoms with Crippen molar-refractivity contribution in [2.24, 2.45) is 7.05 Å². The quantitative estimate of drug-likeness (QED) is 0.824. The van der Waals surface area contributed by atoms with Crippen LogP contribution >= 0.6 is 0 Å². The number of sulfonamides is 1. The van der Waals surface area contributed by atoms with Crippen molar-refractivity contribution in [1.29, 1.82) is 0 Å². The number of methoxy groups -OCH3 is 1. The van der Waals surface area contributed by atoms with Gasteiger partial charge in [-0.05, 0) is 26.0 Å². The van der Waals surface area contributed by atoms with Gasteiger partial charge >= 0.3 is 0 Å². The van der Waals surface area contributed by atoms with Gasteiger partial charge in [-0.3, -0.25) is 4.68 Å². The number of rotatable bonds is 4. The zero-order valence-corrected chi connectivity index (χ0v) is 15.9. The maximum Gasteiger partial charge on any atom is 0.246 e. The Bertz CT molecular complexity index is 868. The van der Waals surface area contributed by atoms with Gasteiger partial charge in [0, 0.05) is 33.2 Å². The number of piperazine rings is 1.